The van der Waals surface area contributed by atoms with Crippen LogP contribution in [0.2, 0.25) is 0 Å². The molecule has 0 aliphatic carbocycles. The fourth-order valence-electron chi connectivity index (χ4n) is 1.06. The average molecular weight is 259 g/mol. The Bertz CT molecular complexity index is 501. The average Bonchev–Trinajstić information content (AvgIpc) is 2.26. The van der Waals surface area contributed by atoms with Gasteiger partial charge in [0.2, 0.25) is 0 Å². The predicted molar refractivity (Wildman–Crippen MR) is 62.0 cm³/mol. The lowest BCUT2D eigenvalue weighted by molar-refractivity contribution is 0.0697. The molecule has 0 saturated heterocycles. The van der Waals surface area contributed by atoms with Crippen molar-refractivity contribution in [1.82, 2.24) is 9.71 Å². The van der Waals surface area contributed by atoms with E-state index in [4.69, 9.17) is 5.11 Å². The first-order valence-corrected chi connectivity index (χ1v) is 6.40. The van der Waals surface area contributed by atoms with Crippen LogP contribution in [-0.2, 0) is 10.2 Å². The summed E-state index contributed by atoms with van der Waals surface area (Å²) in [5.41, 5.74) is -0.200. The molecule has 0 fully saturated rings. The van der Waals surface area contributed by atoms with Crippen LogP contribution in [0.25, 0.3) is 0 Å². The fourth-order valence-corrected chi connectivity index (χ4v) is 2.02. The SMILES string of the molecule is CCCNS(=O)(=O)Nc1ncccc1C(=O)O. The highest BCUT2D eigenvalue weighted by Gasteiger charge is 2.16. The molecule has 0 aliphatic rings. The van der Waals surface area contributed by atoms with E-state index in [9.17, 15) is 13.2 Å². The second-order valence-electron chi connectivity index (χ2n) is 3.20. The largest absolute Gasteiger partial charge is 0.478 e. The summed E-state index contributed by atoms with van der Waals surface area (Å²) in [7, 11) is -3.78. The zero-order valence-corrected chi connectivity index (χ0v) is 9.99. The minimum Gasteiger partial charge on any atom is -0.478 e. The molecule has 1 rings (SSSR count). The van der Waals surface area contributed by atoms with Crippen LogP contribution >= 0.6 is 0 Å². The van der Waals surface area contributed by atoms with Crippen molar-refractivity contribution >= 4 is 22.0 Å². The van der Waals surface area contributed by atoms with Crippen molar-refractivity contribution in [2.45, 2.75) is 13.3 Å². The van der Waals surface area contributed by atoms with Crippen molar-refractivity contribution in [2.75, 3.05) is 11.3 Å². The number of hydrogen-bond acceptors (Lipinski definition) is 4. The number of rotatable bonds is 6. The molecule has 0 amide bonds. The van der Waals surface area contributed by atoms with Gasteiger partial charge in [0.25, 0.3) is 10.2 Å². The van der Waals surface area contributed by atoms with Gasteiger partial charge in [-0.15, -0.1) is 0 Å². The highest BCUT2D eigenvalue weighted by molar-refractivity contribution is 7.90. The van der Waals surface area contributed by atoms with Crippen molar-refractivity contribution in [3.05, 3.63) is 23.9 Å². The van der Waals surface area contributed by atoms with Crippen LogP contribution in [0.3, 0.4) is 0 Å². The van der Waals surface area contributed by atoms with E-state index < -0.39 is 16.2 Å². The van der Waals surface area contributed by atoms with Crippen molar-refractivity contribution in [1.29, 1.82) is 0 Å². The molecule has 0 unspecified atom stereocenters. The summed E-state index contributed by atoms with van der Waals surface area (Å²) in [5, 5.41) is 8.84. The molecule has 0 saturated carbocycles. The van der Waals surface area contributed by atoms with E-state index in [1.165, 1.54) is 18.3 Å². The van der Waals surface area contributed by atoms with Crippen molar-refractivity contribution in [3.63, 3.8) is 0 Å². The van der Waals surface area contributed by atoms with Gasteiger partial charge in [0.15, 0.2) is 5.82 Å². The van der Waals surface area contributed by atoms with Gasteiger partial charge in [-0.3, -0.25) is 4.72 Å². The molecule has 7 nitrogen and oxygen atoms in total. The lowest BCUT2D eigenvalue weighted by atomic mass is 10.3. The van der Waals surface area contributed by atoms with Gasteiger partial charge in [0, 0.05) is 12.7 Å². The zero-order chi connectivity index (χ0) is 12.9. The third-order valence-electron chi connectivity index (χ3n) is 1.81. The lowest BCUT2D eigenvalue weighted by Crippen LogP contribution is -2.31. The number of aromatic carboxylic acids is 1. The maximum absolute atomic E-state index is 11.5. The summed E-state index contributed by atoms with van der Waals surface area (Å²) in [6.45, 7) is 2.08. The number of nitrogens with zero attached hydrogens (tertiary/aromatic N) is 1. The van der Waals surface area contributed by atoms with Gasteiger partial charge in [-0.25, -0.2) is 9.78 Å². The molecule has 0 aromatic carbocycles. The molecule has 94 valence electrons. The minimum absolute atomic E-state index is 0.200. The molecule has 0 spiro atoms. The summed E-state index contributed by atoms with van der Waals surface area (Å²) in [6, 6.07) is 2.69. The summed E-state index contributed by atoms with van der Waals surface area (Å²) >= 11 is 0. The quantitative estimate of drug-likeness (QED) is 0.686. The van der Waals surface area contributed by atoms with E-state index in [2.05, 4.69) is 14.4 Å². The van der Waals surface area contributed by atoms with Crippen LogP contribution in [0.5, 0.6) is 0 Å². The van der Waals surface area contributed by atoms with Crippen LogP contribution in [0.1, 0.15) is 23.7 Å². The number of carboxylic acids is 1. The van der Waals surface area contributed by atoms with Gasteiger partial charge in [-0.2, -0.15) is 13.1 Å². The van der Waals surface area contributed by atoms with Gasteiger partial charge in [-0.05, 0) is 18.6 Å². The first-order valence-electron chi connectivity index (χ1n) is 4.92. The minimum atomic E-state index is -3.78. The standard InChI is InChI=1S/C9H13N3O4S/c1-2-5-11-17(15,16)12-8-7(9(13)14)4-3-6-10-8/h3-4,6,11H,2,5H2,1H3,(H,10,12)(H,13,14). The lowest BCUT2D eigenvalue weighted by Gasteiger charge is -2.09. The summed E-state index contributed by atoms with van der Waals surface area (Å²) in [6.07, 6.45) is 1.94. The monoisotopic (exact) mass is 259 g/mol. The molecule has 1 heterocycles. The second-order valence-corrected chi connectivity index (χ2v) is 4.70. The highest BCUT2D eigenvalue weighted by Crippen LogP contribution is 2.12. The normalized spacial score (nSPS) is 11.1. The predicted octanol–water partition coefficient (Wildman–Crippen LogP) is 0.436. The molecule has 17 heavy (non-hydrogen) atoms. The molecule has 0 aliphatic heterocycles. The first kappa shape index (κ1) is 13.4. The Balaban J connectivity index is 2.92. The molecule has 1 aromatic rings. The Morgan fingerprint density at radius 2 is 2.24 bits per heavy atom. The maximum atomic E-state index is 11.5. The van der Waals surface area contributed by atoms with E-state index in [1.807, 2.05) is 6.92 Å². The Hall–Kier alpha value is -1.67. The molecule has 0 bridgehead atoms. The third kappa shape index (κ3) is 4.00. The van der Waals surface area contributed by atoms with Gasteiger partial charge < -0.3 is 5.11 Å². The molecular formula is C9H13N3O4S. The van der Waals surface area contributed by atoms with Crippen molar-refractivity contribution in [3.8, 4) is 0 Å². The number of carboxylic acid groups (broad SMARTS) is 1. The highest BCUT2D eigenvalue weighted by atomic mass is 32.2. The van der Waals surface area contributed by atoms with Crippen LogP contribution in [-0.4, -0.2) is 31.0 Å². The topological polar surface area (TPSA) is 108 Å². The Labute approximate surface area is 99.1 Å². The molecule has 0 atom stereocenters. The van der Waals surface area contributed by atoms with Gasteiger partial charge in [-0.1, -0.05) is 6.92 Å². The Morgan fingerprint density at radius 3 is 2.82 bits per heavy atom. The van der Waals surface area contributed by atoms with Crippen LogP contribution < -0.4 is 9.44 Å². The number of nitrogens with one attached hydrogen (secondary N) is 2. The van der Waals surface area contributed by atoms with Gasteiger partial charge in [0.05, 0.1) is 0 Å². The number of carbonyl (C=O) groups is 1. The van der Waals surface area contributed by atoms with Crippen LogP contribution in [0.4, 0.5) is 5.82 Å². The van der Waals surface area contributed by atoms with Crippen molar-refractivity contribution < 1.29 is 18.3 Å². The summed E-state index contributed by atoms with van der Waals surface area (Å²) < 4.78 is 27.3. The fraction of sp³-hybridized carbons (Fsp3) is 0.333. The number of anilines is 1. The molecule has 3 N–H and O–H groups in total. The van der Waals surface area contributed by atoms with E-state index in [-0.39, 0.29) is 17.9 Å². The number of hydrogen-bond donors (Lipinski definition) is 3. The maximum Gasteiger partial charge on any atom is 0.339 e. The van der Waals surface area contributed by atoms with E-state index in [0.29, 0.717) is 6.42 Å². The van der Waals surface area contributed by atoms with Crippen molar-refractivity contribution in [2.24, 2.45) is 0 Å². The zero-order valence-electron chi connectivity index (χ0n) is 9.17. The first-order chi connectivity index (χ1) is 7.96. The van der Waals surface area contributed by atoms with E-state index >= 15 is 0 Å². The number of aromatic nitrogens is 1. The van der Waals surface area contributed by atoms with Gasteiger partial charge >= 0.3 is 5.97 Å². The smallest absolute Gasteiger partial charge is 0.339 e. The van der Waals surface area contributed by atoms with E-state index in [1.54, 1.807) is 0 Å². The third-order valence-corrected chi connectivity index (χ3v) is 2.86. The molecule has 8 heteroatoms. The second kappa shape index (κ2) is 5.60. The molecular weight excluding hydrogens is 246 g/mol. The Kier molecular flexibility index (Phi) is 4.41. The Morgan fingerprint density at radius 1 is 1.53 bits per heavy atom. The van der Waals surface area contributed by atoms with E-state index in [0.717, 1.165) is 0 Å². The summed E-state index contributed by atoms with van der Waals surface area (Å²) in [4.78, 5) is 14.5. The molecule has 0 radical (unpaired) electrons. The van der Waals surface area contributed by atoms with Gasteiger partial charge in [0.1, 0.15) is 5.56 Å². The number of pyridine rings is 1. The van der Waals surface area contributed by atoms with Crippen LogP contribution in [0, 0.1) is 0 Å². The van der Waals surface area contributed by atoms with Crippen LogP contribution in [0.15, 0.2) is 18.3 Å². The summed E-state index contributed by atoms with van der Waals surface area (Å²) in [5.74, 6) is -1.45. The molecule has 1 aromatic heterocycles.